The predicted molar refractivity (Wildman–Crippen MR) is 78.3 cm³/mol. The fourth-order valence-corrected chi connectivity index (χ4v) is 3.14. The third-order valence-corrected chi connectivity index (χ3v) is 4.30. The molecule has 106 valence electrons. The van der Waals surface area contributed by atoms with Crippen LogP contribution in [0, 0.1) is 0 Å². The van der Waals surface area contributed by atoms with E-state index in [1.54, 1.807) is 12.1 Å². The van der Waals surface area contributed by atoms with Gasteiger partial charge in [-0.05, 0) is 30.3 Å². The van der Waals surface area contributed by atoms with Gasteiger partial charge in [0.2, 0.25) is 0 Å². The molecule has 3 rings (SSSR count). The van der Waals surface area contributed by atoms with E-state index in [-0.39, 0.29) is 16.7 Å². The Labute approximate surface area is 128 Å². The smallest absolute Gasteiger partial charge is 0.337 e. The molecule has 0 saturated carbocycles. The van der Waals surface area contributed by atoms with Gasteiger partial charge in [-0.3, -0.25) is 9.59 Å². The molecule has 0 aliphatic carbocycles. The van der Waals surface area contributed by atoms with Crippen molar-refractivity contribution in [3.05, 3.63) is 51.4 Å². The highest BCUT2D eigenvalue weighted by Gasteiger charge is 2.37. The van der Waals surface area contributed by atoms with Crippen LogP contribution in [0.1, 0.15) is 31.1 Å². The highest BCUT2D eigenvalue weighted by Crippen LogP contribution is 2.35. The van der Waals surface area contributed by atoms with Crippen molar-refractivity contribution < 1.29 is 19.1 Å². The molecule has 0 saturated heterocycles. The number of rotatable bonds is 2. The van der Waals surface area contributed by atoms with Gasteiger partial charge >= 0.3 is 5.97 Å². The SMILES string of the molecule is COC(=O)c1ccc2c(c1)C(=O)N(c1ccc(Cl)s1)C2=O. The van der Waals surface area contributed by atoms with E-state index in [4.69, 9.17) is 11.6 Å². The van der Waals surface area contributed by atoms with Crippen molar-refractivity contribution in [1.82, 2.24) is 0 Å². The van der Waals surface area contributed by atoms with Gasteiger partial charge in [0.05, 0.1) is 28.1 Å². The molecule has 1 aromatic heterocycles. The molecule has 0 spiro atoms. The molecule has 2 aromatic rings. The van der Waals surface area contributed by atoms with Crippen molar-refractivity contribution in [2.24, 2.45) is 0 Å². The van der Waals surface area contributed by atoms with Crippen molar-refractivity contribution >= 4 is 45.7 Å². The molecule has 0 unspecified atom stereocenters. The number of halogens is 1. The maximum Gasteiger partial charge on any atom is 0.337 e. The molecule has 0 fully saturated rings. The monoisotopic (exact) mass is 321 g/mol. The Morgan fingerprint density at radius 2 is 1.86 bits per heavy atom. The van der Waals surface area contributed by atoms with Crippen LogP contribution in [0.4, 0.5) is 5.00 Å². The molecule has 0 bridgehead atoms. The fraction of sp³-hybridized carbons (Fsp3) is 0.0714. The second-order valence-corrected chi connectivity index (χ2v) is 5.97. The number of thiophene rings is 1. The zero-order chi connectivity index (χ0) is 15.1. The quantitative estimate of drug-likeness (QED) is 0.630. The van der Waals surface area contributed by atoms with Crippen LogP contribution in [-0.2, 0) is 4.74 Å². The molecule has 21 heavy (non-hydrogen) atoms. The number of imide groups is 1. The van der Waals surface area contributed by atoms with E-state index in [0.717, 1.165) is 16.2 Å². The van der Waals surface area contributed by atoms with Crippen molar-refractivity contribution in [3.63, 3.8) is 0 Å². The van der Waals surface area contributed by atoms with Gasteiger partial charge < -0.3 is 4.74 Å². The standard InChI is InChI=1S/C14H8ClNO4S/c1-20-14(19)7-2-3-8-9(6-7)13(18)16(12(8)17)11-5-4-10(15)21-11/h2-6H,1H3. The Bertz CT molecular complexity index is 783. The van der Waals surface area contributed by atoms with E-state index in [0.29, 0.717) is 9.34 Å². The van der Waals surface area contributed by atoms with Crippen LogP contribution in [0.5, 0.6) is 0 Å². The van der Waals surface area contributed by atoms with E-state index < -0.39 is 17.8 Å². The van der Waals surface area contributed by atoms with Crippen LogP contribution >= 0.6 is 22.9 Å². The topological polar surface area (TPSA) is 63.7 Å². The van der Waals surface area contributed by atoms with E-state index >= 15 is 0 Å². The lowest BCUT2D eigenvalue weighted by atomic mass is 10.1. The second-order valence-electron chi connectivity index (χ2n) is 4.28. The minimum Gasteiger partial charge on any atom is -0.465 e. The predicted octanol–water partition coefficient (Wildman–Crippen LogP) is 2.99. The Morgan fingerprint density at radius 3 is 2.48 bits per heavy atom. The number of methoxy groups -OCH3 is 1. The second kappa shape index (κ2) is 4.98. The summed E-state index contributed by atoms with van der Waals surface area (Å²) in [5.74, 6) is -1.46. The number of carbonyl (C=O) groups is 3. The summed E-state index contributed by atoms with van der Waals surface area (Å²) in [6.45, 7) is 0. The minimum atomic E-state index is -0.560. The number of ether oxygens (including phenoxy) is 1. The third-order valence-electron chi connectivity index (χ3n) is 3.09. The molecule has 5 nitrogen and oxygen atoms in total. The van der Waals surface area contributed by atoms with Crippen LogP contribution in [0.2, 0.25) is 4.34 Å². The summed E-state index contributed by atoms with van der Waals surface area (Å²) >= 11 is 6.98. The Morgan fingerprint density at radius 1 is 1.14 bits per heavy atom. The van der Waals surface area contributed by atoms with Gasteiger partial charge in [-0.2, -0.15) is 0 Å². The van der Waals surface area contributed by atoms with Crippen LogP contribution in [0.15, 0.2) is 30.3 Å². The molecule has 0 atom stereocenters. The van der Waals surface area contributed by atoms with Crippen molar-refractivity contribution in [3.8, 4) is 0 Å². The van der Waals surface area contributed by atoms with Gasteiger partial charge in [0.15, 0.2) is 0 Å². The third kappa shape index (κ3) is 2.12. The Hall–Kier alpha value is -2.18. The van der Waals surface area contributed by atoms with E-state index in [1.807, 2.05) is 0 Å². The number of hydrogen-bond acceptors (Lipinski definition) is 5. The highest BCUT2D eigenvalue weighted by molar-refractivity contribution is 7.20. The van der Waals surface area contributed by atoms with Gasteiger partial charge in [0.1, 0.15) is 5.00 Å². The van der Waals surface area contributed by atoms with Crippen molar-refractivity contribution in [2.45, 2.75) is 0 Å². The first-order valence-corrected chi connectivity index (χ1v) is 7.09. The lowest BCUT2D eigenvalue weighted by Gasteiger charge is -2.09. The van der Waals surface area contributed by atoms with Crippen molar-refractivity contribution in [1.29, 1.82) is 0 Å². The van der Waals surface area contributed by atoms with Gasteiger partial charge in [-0.15, -0.1) is 11.3 Å². The minimum absolute atomic E-state index is 0.187. The van der Waals surface area contributed by atoms with Crippen molar-refractivity contribution in [2.75, 3.05) is 12.0 Å². The lowest BCUT2D eigenvalue weighted by Crippen LogP contribution is -2.28. The number of nitrogens with zero attached hydrogens (tertiary/aromatic N) is 1. The zero-order valence-electron chi connectivity index (χ0n) is 10.8. The molecule has 0 N–H and O–H groups in total. The first kappa shape index (κ1) is 13.8. The number of esters is 1. The molecule has 0 radical (unpaired) electrons. The van der Waals surface area contributed by atoms with Gasteiger partial charge in [0, 0.05) is 0 Å². The maximum absolute atomic E-state index is 12.4. The van der Waals surface area contributed by atoms with Crippen LogP contribution in [0.25, 0.3) is 0 Å². The van der Waals surface area contributed by atoms with E-state index in [1.165, 1.54) is 25.3 Å². The summed E-state index contributed by atoms with van der Waals surface area (Å²) in [6, 6.07) is 7.51. The average Bonchev–Trinajstić information content (AvgIpc) is 3.01. The summed E-state index contributed by atoms with van der Waals surface area (Å²) in [5, 5.41) is 0.450. The average molecular weight is 322 g/mol. The first-order chi connectivity index (χ1) is 10.0. The Kier molecular flexibility index (Phi) is 3.27. The summed E-state index contributed by atoms with van der Waals surface area (Å²) in [6.07, 6.45) is 0. The summed E-state index contributed by atoms with van der Waals surface area (Å²) in [4.78, 5) is 37.3. The van der Waals surface area contributed by atoms with Gasteiger partial charge in [-0.25, -0.2) is 9.69 Å². The summed E-state index contributed by atoms with van der Waals surface area (Å²) in [7, 11) is 1.25. The zero-order valence-corrected chi connectivity index (χ0v) is 12.3. The summed E-state index contributed by atoms with van der Waals surface area (Å²) < 4.78 is 5.09. The molecule has 1 aliphatic rings. The van der Waals surface area contributed by atoms with Crippen LogP contribution in [0.3, 0.4) is 0 Å². The first-order valence-electron chi connectivity index (χ1n) is 5.89. The van der Waals surface area contributed by atoms with E-state index in [9.17, 15) is 14.4 Å². The normalized spacial score (nSPS) is 13.5. The van der Waals surface area contributed by atoms with Gasteiger partial charge in [-0.1, -0.05) is 11.6 Å². The number of amides is 2. The van der Waals surface area contributed by atoms with Crippen LogP contribution in [-0.4, -0.2) is 24.9 Å². The fourth-order valence-electron chi connectivity index (χ4n) is 2.11. The van der Waals surface area contributed by atoms with Crippen LogP contribution < -0.4 is 4.90 Å². The molecule has 2 amide bonds. The molecular formula is C14H8ClNO4S. The number of fused-ring (bicyclic) bond motifs is 1. The lowest BCUT2D eigenvalue weighted by molar-refractivity contribution is 0.0600. The van der Waals surface area contributed by atoms with Gasteiger partial charge in [0.25, 0.3) is 11.8 Å². The molecule has 7 heteroatoms. The largest absolute Gasteiger partial charge is 0.465 e. The number of hydrogen-bond donors (Lipinski definition) is 0. The summed E-state index contributed by atoms with van der Waals surface area (Å²) in [5.41, 5.74) is 0.674. The highest BCUT2D eigenvalue weighted by atomic mass is 35.5. The molecule has 1 aromatic carbocycles. The number of benzene rings is 1. The molecule has 1 aliphatic heterocycles. The maximum atomic E-state index is 12.4. The molecule has 2 heterocycles. The number of anilines is 1. The molecular weight excluding hydrogens is 314 g/mol. The Balaban J connectivity index is 2.06. The number of carbonyl (C=O) groups excluding carboxylic acids is 3. The van der Waals surface area contributed by atoms with E-state index in [2.05, 4.69) is 4.74 Å².